The molecule has 4 fully saturated rings. The van der Waals surface area contributed by atoms with Crippen LogP contribution in [0.4, 0.5) is 4.79 Å². The van der Waals surface area contributed by atoms with Crippen molar-refractivity contribution in [3.8, 4) is 0 Å². The topological polar surface area (TPSA) is 125 Å². The molecule has 1 unspecified atom stereocenters. The molecular formula is C24H35N3O6. The molecule has 3 aliphatic carbocycles. The van der Waals surface area contributed by atoms with Gasteiger partial charge in [-0.1, -0.05) is 26.8 Å². The molecule has 0 aromatic rings. The summed E-state index contributed by atoms with van der Waals surface area (Å²) in [5.74, 6) is -0.913. The van der Waals surface area contributed by atoms with E-state index in [9.17, 15) is 24.3 Å². The normalized spacial score (nSPS) is 35.2. The van der Waals surface area contributed by atoms with E-state index in [0.717, 1.165) is 12.8 Å². The molecule has 33 heavy (non-hydrogen) atoms. The maximum atomic E-state index is 13.5. The molecule has 7 atom stereocenters. The van der Waals surface area contributed by atoms with E-state index in [4.69, 9.17) is 4.74 Å². The fraction of sp³-hybridized carbons (Fsp3) is 0.750. The number of hydrogen-bond acceptors (Lipinski definition) is 5. The monoisotopic (exact) mass is 461 g/mol. The number of nitrogens with one attached hydrogen (secondary N) is 2. The highest BCUT2D eigenvalue weighted by Gasteiger charge is 2.61. The van der Waals surface area contributed by atoms with Crippen molar-refractivity contribution in [3.63, 3.8) is 0 Å². The van der Waals surface area contributed by atoms with Crippen molar-refractivity contribution in [2.24, 2.45) is 23.2 Å². The Balaban J connectivity index is 1.41. The van der Waals surface area contributed by atoms with E-state index < -0.39 is 41.0 Å². The van der Waals surface area contributed by atoms with Crippen LogP contribution >= 0.6 is 0 Å². The van der Waals surface area contributed by atoms with Crippen molar-refractivity contribution in [2.75, 3.05) is 6.54 Å². The van der Waals surface area contributed by atoms with Crippen molar-refractivity contribution < 1.29 is 29.0 Å². The van der Waals surface area contributed by atoms with Gasteiger partial charge in [-0.25, -0.2) is 9.59 Å². The van der Waals surface area contributed by atoms with Crippen LogP contribution in [0, 0.1) is 23.2 Å². The summed E-state index contributed by atoms with van der Waals surface area (Å²) in [5.41, 5.74) is -1.95. The van der Waals surface area contributed by atoms with Crippen molar-refractivity contribution in [1.29, 1.82) is 0 Å². The molecule has 1 aliphatic heterocycles. The fourth-order valence-electron chi connectivity index (χ4n) is 5.49. The van der Waals surface area contributed by atoms with E-state index >= 15 is 0 Å². The predicted octanol–water partition coefficient (Wildman–Crippen LogP) is 2.06. The molecule has 3 amide bonds. The minimum absolute atomic E-state index is 0.0988. The zero-order valence-corrected chi connectivity index (χ0v) is 19.6. The standard InChI is InChI=1S/C24H35N3O6/c1-5-15-12-24(15,21(30)31)26-19(28)17-7-6-8-27(17)20(29)18(23(2,3)4)25-22(32)33-16-10-13-9-14(13)11-16/h5,13-18H,1,6-12H2,2-4H3,(H,25,32)(H,26,28)(H,30,31)/t13-,14?,15-,16+,17+,18-,24-/m1/s1. The Hall–Kier alpha value is -2.58. The second-order valence-electron chi connectivity index (χ2n) is 11.2. The van der Waals surface area contributed by atoms with Gasteiger partial charge in [0.1, 0.15) is 23.7 Å². The number of likely N-dealkylation sites (tertiary alicyclic amines) is 1. The molecule has 0 aromatic carbocycles. The summed E-state index contributed by atoms with van der Waals surface area (Å²) in [6.45, 7) is 9.56. The highest BCUT2D eigenvalue weighted by atomic mass is 16.6. The molecule has 1 saturated heterocycles. The zero-order valence-electron chi connectivity index (χ0n) is 19.6. The lowest BCUT2D eigenvalue weighted by atomic mass is 9.85. The second-order valence-corrected chi connectivity index (χ2v) is 11.2. The van der Waals surface area contributed by atoms with Gasteiger partial charge in [0, 0.05) is 12.5 Å². The summed E-state index contributed by atoms with van der Waals surface area (Å²) >= 11 is 0. The zero-order chi connectivity index (χ0) is 24.1. The Morgan fingerprint density at radius 1 is 1.18 bits per heavy atom. The third-order valence-electron chi connectivity index (χ3n) is 7.71. The van der Waals surface area contributed by atoms with E-state index in [1.54, 1.807) is 0 Å². The number of carbonyl (C=O) groups excluding carboxylic acids is 3. The summed E-state index contributed by atoms with van der Waals surface area (Å²) < 4.78 is 5.57. The van der Waals surface area contributed by atoms with Gasteiger partial charge < -0.3 is 25.4 Å². The lowest BCUT2D eigenvalue weighted by molar-refractivity contribution is -0.146. The number of alkyl carbamates (subject to hydrolysis) is 1. The van der Waals surface area contributed by atoms with E-state index in [0.29, 0.717) is 37.6 Å². The van der Waals surface area contributed by atoms with Crippen LogP contribution in [-0.2, 0) is 19.1 Å². The number of carboxylic acids is 1. The molecule has 0 aromatic heterocycles. The van der Waals surface area contributed by atoms with E-state index in [-0.39, 0.29) is 17.9 Å². The third kappa shape index (κ3) is 4.59. The lowest BCUT2D eigenvalue weighted by Crippen LogP contribution is -2.59. The first-order valence-corrected chi connectivity index (χ1v) is 11.9. The SMILES string of the molecule is C=C[C@@H]1C[C@]1(NC(=O)[C@@H]1CCCN1C(=O)[C@@H](NC(=O)O[C@@H]1CC2C[C@@H]2C1)C(C)(C)C)C(=O)O. The first-order valence-electron chi connectivity index (χ1n) is 11.9. The summed E-state index contributed by atoms with van der Waals surface area (Å²) in [4.78, 5) is 52.3. The van der Waals surface area contributed by atoms with Crippen LogP contribution < -0.4 is 10.6 Å². The molecule has 9 heteroatoms. The Morgan fingerprint density at radius 3 is 2.39 bits per heavy atom. The highest BCUT2D eigenvalue weighted by molar-refractivity contribution is 5.96. The number of ether oxygens (including phenoxy) is 1. The van der Waals surface area contributed by atoms with Gasteiger partial charge in [-0.05, 0) is 55.8 Å². The van der Waals surface area contributed by atoms with Crippen molar-refractivity contribution in [3.05, 3.63) is 12.7 Å². The molecule has 3 saturated carbocycles. The van der Waals surface area contributed by atoms with Gasteiger partial charge in [0.2, 0.25) is 11.8 Å². The summed E-state index contributed by atoms with van der Waals surface area (Å²) in [5, 5.41) is 15.0. The van der Waals surface area contributed by atoms with Gasteiger partial charge in [0.05, 0.1) is 0 Å². The van der Waals surface area contributed by atoms with Gasteiger partial charge in [0.25, 0.3) is 0 Å². The maximum Gasteiger partial charge on any atom is 0.408 e. The molecule has 0 spiro atoms. The van der Waals surface area contributed by atoms with Crippen LogP contribution in [0.15, 0.2) is 12.7 Å². The number of carboxylic acid groups (broad SMARTS) is 1. The van der Waals surface area contributed by atoms with Crippen LogP contribution in [0.2, 0.25) is 0 Å². The largest absolute Gasteiger partial charge is 0.479 e. The van der Waals surface area contributed by atoms with Crippen LogP contribution in [0.25, 0.3) is 0 Å². The number of nitrogens with zero attached hydrogens (tertiary/aromatic N) is 1. The van der Waals surface area contributed by atoms with Crippen molar-refractivity contribution in [1.82, 2.24) is 15.5 Å². The van der Waals surface area contributed by atoms with Crippen LogP contribution in [0.5, 0.6) is 0 Å². The number of carbonyl (C=O) groups is 4. The minimum atomic E-state index is -1.34. The molecule has 0 bridgehead atoms. The molecule has 9 nitrogen and oxygen atoms in total. The Kier molecular flexibility index (Phi) is 5.95. The molecule has 4 rings (SSSR count). The average Bonchev–Trinajstić information content (AvgIpc) is 3.50. The van der Waals surface area contributed by atoms with Gasteiger partial charge in [-0.3, -0.25) is 9.59 Å². The predicted molar refractivity (Wildman–Crippen MR) is 119 cm³/mol. The molecular weight excluding hydrogens is 426 g/mol. The number of hydrogen-bond donors (Lipinski definition) is 3. The Morgan fingerprint density at radius 2 is 1.85 bits per heavy atom. The Labute approximate surface area is 194 Å². The summed E-state index contributed by atoms with van der Waals surface area (Å²) in [6, 6.07) is -1.64. The smallest absolute Gasteiger partial charge is 0.408 e. The number of amides is 3. The number of aliphatic carboxylic acids is 1. The third-order valence-corrected chi connectivity index (χ3v) is 7.71. The van der Waals surface area contributed by atoms with Crippen LogP contribution in [0.1, 0.15) is 59.3 Å². The van der Waals surface area contributed by atoms with Gasteiger partial charge in [-0.15, -0.1) is 6.58 Å². The molecule has 4 aliphatic rings. The van der Waals surface area contributed by atoms with Crippen molar-refractivity contribution in [2.45, 2.75) is 83.0 Å². The quantitative estimate of drug-likeness (QED) is 0.499. The Bertz CT molecular complexity index is 857. The summed E-state index contributed by atoms with van der Waals surface area (Å²) in [7, 11) is 0. The van der Waals surface area contributed by atoms with Gasteiger partial charge >= 0.3 is 12.1 Å². The van der Waals surface area contributed by atoms with E-state index in [1.807, 2.05) is 20.8 Å². The van der Waals surface area contributed by atoms with E-state index in [1.165, 1.54) is 17.4 Å². The highest BCUT2D eigenvalue weighted by Crippen LogP contribution is 2.52. The lowest BCUT2D eigenvalue weighted by Gasteiger charge is -2.35. The number of rotatable bonds is 7. The van der Waals surface area contributed by atoms with Gasteiger partial charge in [-0.2, -0.15) is 0 Å². The minimum Gasteiger partial charge on any atom is -0.479 e. The van der Waals surface area contributed by atoms with Gasteiger partial charge in [0.15, 0.2) is 0 Å². The van der Waals surface area contributed by atoms with Crippen molar-refractivity contribution >= 4 is 23.9 Å². The molecule has 3 N–H and O–H groups in total. The fourth-order valence-corrected chi connectivity index (χ4v) is 5.49. The molecule has 0 radical (unpaired) electrons. The second kappa shape index (κ2) is 8.33. The van der Waals surface area contributed by atoms with Crippen LogP contribution in [0.3, 0.4) is 0 Å². The molecule has 182 valence electrons. The van der Waals surface area contributed by atoms with E-state index in [2.05, 4.69) is 17.2 Å². The molecule has 1 heterocycles. The average molecular weight is 462 g/mol. The first-order chi connectivity index (χ1) is 15.5. The maximum absolute atomic E-state index is 13.5. The van der Waals surface area contributed by atoms with Crippen LogP contribution in [-0.4, -0.2) is 64.2 Å². The summed E-state index contributed by atoms with van der Waals surface area (Å²) in [6.07, 6.45) is 5.18. The first kappa shape index (κ1) is 23.6. The number of fused-ring (bicyclic) bond motifs is 1.